The van der Waals surface area contributed by atoms with E-state index in [-0.39, 0.29) is 0 Å². The number of hydrogen-bond acceptors (Lipinski definition) is 7. The Morgan fingerprint density at radius 2 is 1.61 bits per heavy atom. The molecule has 4 aromatic rings. The smallest absolute Gasteiger partial charge is 0.225 e. The largest absolute Gasteiger partial charge is 0.352 e. The Morgan fingerprint density at radius 3 is 2.25 bits per heavy atom. The third-order valence-corrected chi connectivity index (χ3v) is 7.20. The average molecular weight is 485 g/mol. The summed E-state index contributed by atoms with van der Waals surface area (Å²) in [5.41, 5.74) is 15.2. The second kappa shape index (κ2) is 9.85. The molecule has 1 aliphatic heterocycles. The molecule has 0 bridgehead atoms. The highest BCUT2D eigenvalue weighted by Gasteiger charge is 2.28. The molecule has 8 heteroatoms. The maximum absolute atomic E-state index is 6.14. The molecular formula is C28H36N8. The van der Waals surface area contributed by atoms with Gasteiger partial charge < -0.3 is 15.5 Å². The highest BCUT2D eigenvalue weighted by atomic mass is 15.4. The van der Waals surface area contributed by atoms with E-state index in [4.69, 9.17) is 15.8 Å². The zero-order valence-electron chi connectivity index (χ0n) is 22.0. The Labute approximate surface area is 213 Å². The van der Waals surface area contributed by atoms with E-state index in [1.165, 1.54) is 22.3 Å². The van der Waals surface area contributed by atoms with Crippen LogP contribution in [0.25, 0.3) is 16.8 Å². The second-order valence-corrected chi connectivity index (χ2v) is 9.97. The molecule has 0 saturated carbocycles. The lowest BCUT2D eigenvalue weighted by molar-refractivity contribution is 0.457. The predicted molar refractivity (Wildman–Crippen MR) is 146 cm³/mol. The molecule has 2 N–H and O–H groups in total. The Kier molecular flexibility index (Phi) is 6.62. The molecule has 0 unspecified atom stereocenters. The van der Waals surface area contributed by atoms with E-state index in [2.05, 4.69) is 72.6 Å². The molecule has 0 spiro atoms. The fourth-order valence-electron chi connectivity index (χ4n) is 5.75. The molecule has 4 heterocycles. The normalized spacial score (nSPS) is 14.6. The van der Waals surface area contributed by atoms with E-state index >= 15 is 0 Å². The van der Waals surface area contributed by atoms with Crippen LogP contribution in [-0.4, -0.2) is 56.8 Å². The van der Waals surface area contributed by atoms with Crippen LogP contribution in [0.3, 0.4) is 0 Å². The van der Waals surface area contributed by atoms with Crippen molar-refractivity contribution in [1.29, 1.82) is 0 Å². The lowest BCUT2D eigenvalue weighted by atomic mass is 9.94. The molecule has 1 saturated heterocycles. The van der Waals surface area contributed by atoms with Crippen LogP contribution >= 0.6 is 0 Å². The van der Waals surface area contributed by atoms with E-state index < -0.39 is 0 Å². The van der Waals surface area contributed by atoms with Crippen molar-refractivity contribution in [3.05, 3.63) is 64.7 Å². The fraction of sp³-hybridized carbons (Fsp3) is 0.429. The topological polar surface area (TPSA) is 88.5 Å². The number of aromatic nitrogens is 5. The lowest BCUT2D eigenvalue weighted by Crippen LogP contribution is -2.47. The van der Waals surface area contributed by atoms with Gasteiger partial charge in [0.15, 0.2) is 5.65 Å². The van der Waals surface area contributed by atoms with Crippen molar-refractivity contribution in [1.82, 2.24) is 24.6 Å². The van der Waals surface area contributed by atoms with Gasteiger partial charge in [0.25, 0.3) is 0 Å². The molecular weight excluding hydrogens is 448 g/mol. The summed E-state index contributed by atoms with van der Waals surface area (Å²) in [6.07, 6.45) is 5.62. The van der Waals surface area contributed by atoms with Crippen LogP contribution in [0.1, 0.15) is 40.9 Å². The minimum Gasteiger partial charge on any atom is -0.352 e. The van der Waals surface area contributed by atoms with Crippen molar-refractivity contribution in [3.63, 3.8) is 0 Å². The fourth-order valence-corrected chi connectivity index (χ4v) is 5.75. The van der Waals surface area contributed by atoms with Gasteiger partial charge in [0, 0.05) is 56.4 Å². The molecule has 8 nitrogen and oxygen atoms in total. The van der Waals surface area contributed by atoms with Crippen molar-refractivity contribution < 1.29 is 0 Å². The third kappa shape index (κ3) is 4.41. The quantitative estimate of drug-likeness (QED) is 0.439. The summed E-state index contributed by atoms with van der Waals surface area (Å²) < 4.78 is 2.04. The Balaban J connectivity index is 1.54. The number of nitrogens with zero attached hydrogens (tertiary/aromatic N) is 7. The number of benzene rings is 1. The number of anilines is 2. The van der Waals surface area contributed by atoms with Crippen molar-refractivity contribution in [2.45, 2.75) is 53.5 Å². The van der Waals surface area contributed by atoms with Crippen molar-refractivity contribution in [2.75, 3.05) is 36.0 Å². The van der Waals surface area contributed by atoms with Crippen molar-refractivity contribution >= 4 is 17.4 Å². The third-order valence-electron chi connectivity index (χ3n) is 7.20. The molecule has 36 heavy (non-hydrogen) atoms. The summed E-state index contributed by atoms with van der Waals surface area (Å²) in [6.45, 7) is 13.8. The van der Waals surface area contributed by atoms with Crippen LogP contribution < -0.4 is 15.5 Å². The SMILES string of the molecule is Cc1cc(C)c(-c2c(C)nn3c(N(CCN)C4CCN(c5ncccn5)CC4)cc(C)nc23)c(C)c1. The minimum atomic E-state index is 0.356. The molecule has 0 atom stereocenters. The number of fused-ring (bicyclic) bond motifs is 1. The molecule has 0 amide bonds. The van der Waals surface area contributed by atoms with E-state index in [1.54, 1.807) is 12.4 Å². The number of piperidine rings is 1. The van der Waals surface area contributed by atoms with Gasteiger partial charge in [0.1, 0.15) is 5.82 Å². The molecule has 0 radical (unpaired) electrons. The van der Waals surface area contributed by atoms with E-state index in [0.29, 0.717) is 12.6 Å². The number of nitrogens with two attached hydrogens (primary N) is 1. The molecule has 5 rings (SSSR count). The molecule has 1 aromatic carbocycles. The van der Waals surface area contributed by atoms with Gasteiger partial charge in [0.2, 0.25) is 5.95 Å². The summed E-state index contributed by atoms with van der Waals surface area (Å²) >= 11 is 0. The van der Waals surface area contributed by atoms with Crippen LogP contribution in [0.4, 0.5) is 11.8 Å². The zero-order chi connectivity index (χ0) is 25.4. The zero-order valence-corrected chi connectivity index (χ0v) is 22.0. The standard InChI is InChI=1S/C28H36N8/c1-18-15-19(2)25(20(3)16-18)26-22(5)33-36-24(17-21(4)32-27(26)36)35(14-9-29)23-7-12-34(13-8-23)28-30-10-6-11-31-28/h6,10-11,15-17,23H,7-9,12-14,29H2,1-5H3. The second-order valence-electron chi connectivity index (χ2n) is 9.97. The first-order valence-corrected chi connectivity index (χ1v) is 12.8. The van der Waals surface area contributed by atoms with Gasteiger partial charge in [0.05, 0.1) is 11.3 Å². The van der Waals surface area contributed by atoms with E-state index in [1.807, 2.05) is 10.6 Å². The molecule has 1 fully saturated rings. The van der Waals surface area contributed by atoms with Crippen molar-refractivity contribution in [3.8, 4) is 11.1 Å². The van der Waals surface area contributed by atoms with Crippen LogP contribution in [-0.2, 0) is 0 Å². The highest BCUT2D eigenvalue weighted by Crippen LogP contribution is 2.36. The van der Waals surface area contributed by atoms with Crippen LogP contribution in [0.5, 0.6) is 0 Å². The maximum atomic E-state index is 6.14. The molecule has 0 aliphatic carbocycles. The summed E-state index contributed by atoms with van der Waals surface area (Å²) in [4.78, 5) is 18.6. The van der Waals surface area contributed by atoms with Gasteiger partial charge in [-0.05, 0) is 70.2 Å². The maximum Gasteiger partial charge on any atom is 0.225 e. The number of hydrogen-bond donors (Lipinski definition) is 1. The minimum absolute atomic E-state index is 0.356. The number of rotatable bonds is 6. The van der Waals surface area contributed by atoms with Crippen LogP contribution in [0, 0.1) is 34.6 Å². The van der Waals surface area contributed by atoms with Gasteiger partial charge in [-0.1, -0.05) is 17.7 Å². The van der Waals surface area contributed by atoms with E-state index in [0.717, 1.165) is 66.8 Å². The van der Waals surface area contributed by atoms with Crippen LogP contribution in [0.2, 0.25) is 0 Å². The number of aryl methyl sites for hydroxylation is 5. The molecule has 188 valence electrons. The first kappa shape index (κ1) is 24.2. The predicted octanol–water partition coefficient (Wildman–Crippen LogP) is 4.16. The summed E-state index contributed by atoms with van der Waals surface area (Å²) in [5, 5.41) is 5.04. The van der Waals surface area contributed by atoms with E-state index in [9.17, 15) is 0 Å². The van der Waals surface area contributed by atoms with Crippen LogP contribution in [0.15, 0.2) is 36.7 Å². The van der Waals surface area contributed by atoms with Crippen molar-refractivity contribution in [2.24, 2.45) is 5.73 Å². The Bertz CT molecular complexity index is 1350. The average Bonchev–Trinajstić information content (AvgIpc) is 3.18. The highest BCUT2D eigenvalue weighted by molar-refractivity contribution is 5.85. The van der Waals surface area contributed by atoms with Gasteiger partial charge in [-0.3, -0.25) is 0 Å². The van der Waals surface area contributed by atoms with Gasteiger partial charge in [-0.2, -0.15) is 9.61 Å². The Hall–Kier alpha value is -3.52. The summed E-state index contributed by atoms with van der Waals surface area (Å²) in [6, 6.07) is 8.85. The Morgan fingerprint density at radius 1 is 0.944 bits per heavy atom. The monoisotopic (exact) mass is 484 g/mol. The summed E-state index contributed by atoms with van der Waals surface area (Å²) in [5.74, 6) is 1.87. The molecule has 1 aliphatic rings. The first-order valence-electron chi connectivity index (χ1n) is 12.8. The van der Waals surface area contributed by atoms with Gasteiger partial charge in [-0.25, -0.2) is 15.0 Å². The molecule has 3 aromatic heterocycles. The first-order chi connectivity index (χ1) is 17.4. The lowest BCUT2D eigenvalue weighted by Gasteiger charge is -2.39. The van der Waals surface area contributed by atoms with Gasteiger partial charge >= 0.3 is 0 Å². The summed E-state index contributed by atoms with van der Waals surface area (Å²) in [7, 11) is 0. The van der Waals surface area contributed by atoms with Gasteiger partial charge in [-0.15, -0.1) is 0 Å².